The number of rotatable bonds is 7. The van der Waals surface area contributed by atoms with E-state index in [2.05, 4.69) is 10.3 Å². The number of methoxy groups -OCH3 is 1. The summed E-state index contributed by atoms with van der Waals surface area (Å²) in [6, 6.07) is 7.57. The van der Waals surface area contributed by atoms with Crippen molar-refractivity contribution < 1.29 is 18.7 Å². The first-order chi connectivity index (χ1) is 11.7. The molecule has 2 heterocycles. The molecule has 3 rings (SSSR count). The van der Waals surface area contributed by atoms with Crippen molar-refractivity contribution >= 4 is 5.91 Å². The fourth-order valence-electron chi connectivity index (χ4n) is 2.66. The van der Waals surface area contributed by atoms with Gasteiger partial charge in [0.15, 0.2) is 11.7 Å². The van der Waals surface area contributed by atoms with Gasteiger partial charge in [-0.1, -0.05) is 0 Å². The number of hydrogen-bond donors (Lipinski definition) is 1. The summed E-state index contributed by atoms with van der Waals surface area (Å²) in [6.45, 7) is 1.38. The summed E-state index contributed by atoms with van der Waals surface area (Å²) in [4.78, 5) is 16.1. The van der Waals surface area contributed by atoms with Crippen LogP contribution in [0.2, 0.25) is 0 Å². The molecule has 1 aliphatic rings. The van der Waals surface area contributed by atoms with E-state index in [1.54, 1.807) is 13.3 Å². The molecule has 1 saturated heterocycles. The Morgan fingerprint density at radius 1 is 1.38 bits per heavy atom. The molecule has 1 fully saturated rings. The summed E-state index contributed by atoms with van der Waals surface area (Å²) in [5, 5.41) is 2.90. The van der Waals surface area contributed by atoms with Gasteiger partial charge in [-0.3, -0.25) is 4.79 Å². The fourth-order valence-corrected chi connectivity index (χ4v) is 2.66. The lowest BCUT2D eigenvalue weighted by Gasteiger charge is -2.10. The van der Waals surface area contributed by atoms with E-state index in [9.17, 15) is 4.79 Å². The van der Waals surface area contributed by atoms with E-state index < -0.39 is 0 Å². The Hall–Kier alpha value is -2.34. The molecular formula is C18H22N2O4. The van der Waals surface area contributed by atoms with E-state index in [1.165, 1.54) is 0 Å². The summed E-state index contributed by atoms with van der Waals surface area (Å²) < 4.78 is 16.3. The molecule has 2 aromatic rings. The second-order valence-corrected chi connectivity index (χ2v) is 5.79. The largest absolute Gasteiger partial charge is 0.497 e. The molecule has 1 atom stereocenters. The maximum atomic E-state index is 11.9. The lowest BCUT2D eigenvalue weighted by atomic mass is 10.2. The highest BCUT2D eigenvalue weighted by atomic mass is 16.5. The van der Waals surface area contributed by atoms with Gasteiger partial charge in [0.05, 0.1) is 19.4 Å². The van der Waals surface area contributed by atoms with Gasteiger partial charge in [-0.15, -0.1) is 0 Å². The quantitative estimate of drug-likeness (QED) is 0.844. The molecule has 0 spiro atoms. The Balaban J connectivity index is 1.47. The van der Waals surface area contributed by atoms with Crippen molar-refractivity contribution in [2.24, 2.45) is 0 Å². The van der Waals surface area contributed by atoms with Crippen LogP contribution in [0.4, 0.5) is 0 Å². The lowest BCUT2D eigenvalue weighted by molar-refractivity contribution is -0.121. The zero-order valence-electron chi connectivity index (χ0n) is 13.8. The van der Waals surface area contributed by atoms with Crippen LogP contribution in [-0.2, 0) is 16.0 Å². The van der Waals surface area contributed by atoms with E-state index in [0.29, 0.717) is 31.0 Å². The predicted molar refractivity (Wildman–Crippen MR) is 88.8 cm³/mol. The van der Waals surface area contributed by atoms with Crippen molar-refractivity contribution in [2.75, 3.05) is 20.3 Å². The van der Waals surface area contributed by atoms with E-state index in [1.807, 2.05) is 24.3 Å². The van der Waals surface area contributed by atoms with Crippen molar-refractivity contribution in [3.8, 4) is 17.1 Å². The summed E-state index contributed by atoms with van der Waals surface area (Å²) in [5.41, 5.74) is 0.928. The number of nitrogens with zero attached hydrogens (tertiary/aromatic N) is 1. The smallest absolute Gasteiger partial charge is 0.220 e. The molecule has 128 valence electrons. The predicted octanol–water partition coefficient (Wildman–Crippen LogP) is 2.58. The van der Waals surface area contributed by atoms with Crippen molar-refractivity contribution in [3.05, 3.63) is 36.4 Å². The molecule has 0 radical (unpaired) electrons. The van der Waals surface area contributed by atoms with Crippen molar-refractivity contribution in [1.29, 1.82) is 0 Å². The number of hydrogen-bond acceptors (Lipinski definition) is 5. The molecule has 1 aromatic carbocycles. The Morgan fingerprint density at radius 3 is 2.92 bits per heavy atom. The van der Waals surface area contributed by atoms with E-state index in [4.69, 9.17) is 13.9 Å². The van der Waals surface area contributed by atoms with Gasteiger partial charge in [-0.25, -0.2) is 4.98 Å². The monoisotopic (exact) mass is 330 g/mol. The Morgan fingerprint density at radius 2 is 2.21 bits per heavy atom. The summed E-state index contributed by atoms with van der Waals surface area (Å²) in [6.07, 6.45) is 4.78. The summed E-state index contributed by atoms with van der Waals surface area (Å²) in [7, 11) is 1.63. The fraction of sp³-hybridized carbons (Fsp3) is 0.444. The highest BCUT2D eigenvalue weighted by Crippen LogP contribution is 2.23. The maximum absolute atomic E-state index is 11.9. The highest BCUT2D eigenvalue weighted by Gasteiger charge is 2.16. The van der Waals surface area contributed by atoms with Gasteiger partial charge < -0.3 is 19.2 Å². The second kappa shape index (κ2) is 7.97. The topological polar surface area (TPSA) is 73.6 Å². The first-order valence-electron chi connectivity index (χ1n) is 8.22. The van der Waals surface area contributed by atoms with Crippen LogP contribution in [0, 0.1) is 0 Å². The van der Waals surface area contributed by atoms with E-state index in [-0.39, 0.29) is 12.0 Å². The maximum Gasteiger partial charge on any atom is 0.220 e. The Labute approximate surface area is 141 Å². The standard InChI is InChI=1S/C18H22N2O4/c1-22-14-6-4-13(5-7-14)16-12-20-18(24-16)9-8-17(21)19-11-15-3-2-10-23-15/h4-7,12,15H,2-3,8-11H2,1H3,(H,19,21)/t15-/m0/s1. The number of benzene rings is 1. The molecule has 1 N–H and O–H groups in total. The average molecular weight is 330 g/mol. The number of carbonyl (C=O) groups is 1. The van der Waals surface area contributed by atoms with Crippen LogP contribution in [0.1, 0.15) is 25.2 Å². The van der Waals surface area contributed by atoms with Crippen LogP contribution in [0.25, 0.3) is 11.3 Å². The molecule has 24 heavy (non-hydrogen) atoms. The van der Waals surface area contributed by atoms with Crippen LogP contribution in [0.3, 0.4) is 0 Å². The third-order valence-electron chi connectivity index (χ3n) is 4.04. The average Bonchev–Trinajstić information content (AvgIpc) is 3.30. The molecule has 1 aliphatic heterocycles. The summed E-state index contributed by atoms with van der Waals surface area (Å²) in [5.74, 6) is 2.04. The molecule has 0 unspecified atom stereocenters. The molecule has 0 saturated carbocycles. The minimum atomic E-state index is -0.00491. The third-order valence-corrected chi connectivity index (χ3v) is 4.04. The number of nitrogens with one attached hydrogen (secondary N) is 1. The van der Waals surface area contributed by atoms with Crippen LogP contribution < -0.4 is 10.1 Å². The molecule has 1 aromatic heterocycles. The SMILES string of the molecule is COc1ccc(-c2cnc(CCC(=O)NC[C@@H]3CCCO3)o2)cc1. The van der Waals surface area contributed by atoms with Crippen LogP contribution in [-0.4, -0.2) is 37.3 Å². The highest BCUT2D eigenvalue weighted by molar-refractivity contribution is 5.76. The number of ether oxygens (including phenoxy) is 2. The molecule has 0 aliphatic carbocycles. The minimum absolute atomic E-state index is 0.00491. The molecule has 6 heteroatoms. The van der Waals surface area contributed by atoms with Crippen LogP contribution in [0.15, 0.2) is 34.9 Å². The number of carbonyl (C=O) groups excluding carboxylic acids is 1. The number of aryl methyl sites for hydroxylation is 1. The van der Waals surface area contributed by atoms with Gasteiger partial charge in [-0.2, -0.15) is 0 Å². The molecule has 0 bridgehead atoms. The molecule has 6 nitrogen and oxygen atoms in total. The normalized spacial score (nSPS) is 17.0. The summed E-state index contributed by atoms with van der Waals surface area (Å²) >= 11 is 0. The van der Waals surface area contributed by atoms with Gasteiger partial charge in [0, 0.05) is 31.6 Å². The van der Waals surface area contributed by atoms with E-state index in [0.717, 1.165) is 30.8 Å². The Bertz CT molecular complexity index is 660. The van der Waals surface area contributed by atoms with Gasteiger partial charge in [0.2, 0.25) is 5.91 Å². The van der Waals surface area contributed by atoms with Crippen molar-refractivity contribution in [2.45, 2.75) is 31.8 Å². The van der Waals surface area contributed by atoms with Crippen molar-refractivity contribution in [1.82, 2.24) is 10.3 Å². The molecule has 1 amide bonds. The van der Waals surface area contributed by atoms with Crippen molar-refractivity contribution in [3.63, 3.8) is 0 Å². The Kier molecular flexibility index (Phi) is 5.48. The van der Waals surface area contributed by atoms with Gasteiger partial charge in [0.1, 0.15) is 5.75 Å². The lowest BCUT2D eigenvalue weighted by Crippen LogP contribution is -2.31. The van der Waals surface area contributed by atoms with Crippen LogP contribution in [0.5, 0.6) is 5.75 Å². The number of amides is 1. The number of oxazole rings is 1. The first-order valence-corrected chi connectivity index (χ1v) is 8.22. The number of aromatic nitrogens is 1. The zero-order chi connectivity index (χ0) is 16.8. The van der Waals surface area contributed by atoms with Gasteiger partial charge in [0.25, 0.3) is 0 Å². The van der Waals surface area contributed by atoms with Crippen LogP contribution >= 0.6 is 0 Å². The zero-order valence-corrected chi connectivity index (χ0v) is 13.8. The first kappa shape index (κ1) is 16.5. The van der Waals surface area contributed by atoms with Gasteiger partial charge in [-0.05, 0) is 37.1 Å². The molecular weight excluding hydrogens is 308 g/mol. The van der Waals surface area contributed by atoms with E-state index >= 15 is 0 Å². The third kappa shape index (κ3) is 4.35. The minimum Gasteiger partial charge on any atom is -0.497 e. The second-order valence-electron chi connectivity index (χ2n) is 5.79. The van der Waals surface area contributed by atoms with Gasteiger partial charge >= 0.3 is 0 Å².